The van der Waals surface area contributed by atoms with Crippen LogP contribution < -0.4 is 5.32 Å². The van der Waals surface area contributed by atoms with E-state index < -0.39 is 0 Å². The maximum absolute atomic E-state index is 11.5. The van der Waals surface area contributed by atoms with Crippen molar-refractivity contribution >= 4 is 5.91 Å². The van der Waals surface area contributed by atoms with Crippen molar-refractivity contribution in [3.05, 3.63) is 0 Å². The second-order valence-corrected chi connectivity index (χ2v) is 3.57. The molecule has 2 unspecified atom stereocenters. The van der Waals surface area contributed by atoms with Crippen LogP contribution in [0.3, 0.4) is 0 Å². The summed E-state index contributed by atoms with van der Waals surface area (Å²) in [6.45, 7) is 4.93. The Morgan fingerprint density at radius 1 is 1.64 bits per heavy atom. The number of nitrogens with one attached hydrogen (secondary N) is 1. The molecule has 2 rings (SSSR count). The molecule has 0 aromatic heterocycles. The Kier molecular flexibility index (Phi) is 1.60. The zero-order chi connectivity index (χ0) is 7.84. The van der Waals surface area contributed by atoms with Gasteiger partial charge < -0.3 is 10.2 Å². The Bertz CT molecular complexity index is 181. The van der Waals surface area contributed by atoms with Crippen molar-refractivity contribution in [1.29, 1.82) is 0 Å². The highest BCUT2D eigenvalue weighted by molar-refractivity contribution is 5.82. The van der Waals surface area contributed by atoms with E-state index in [-0.39, 0.29) is 11.9 Å². The normalized spacial score (nSPS) is 37.5. The summed E-state index contributed by atoms with van der Waals surface area (Å²) in [7, 11) is 0. The maximum atomic E-state index is 11.5. The highest BCUT2D eigenvalue weighted by Crippen LogP contribution is 2.18. The number of carbonyl (C=O) groups excluding carboxylic acids is 1. The van der Waals surface area contributed by atoms with Crippen LogP contribution in [0.4, 0.5) is 0 Å². The van der Waals surface area contributed by atoms with Crippen LogP contribution in [0.15, 0.2) is 0 Å². The monoisotopic (exact) mass is 154 g/mol. The number of hydrogen-bond acceptors (Lipinski definition) is 2. The summed E-state index contributed by atoms with van der Waals surface area (Å²) < 4.78 is 0. The van der Waals surface area contributed by atoms with Crippen LogP contribution >= 0.6 is 0 Å². The van der Waals surface area contributed by atoms with Gasteiger partial charge in [-0.05, 0) is 19.3 Å². The molecule has 0 spiro atoms. The van der Waals surface area contributed by atoms with E-state index in [0.717, 1.165) is 19.6 Å². The first-order chi connectivity index (χ1) is 5.27. The van der Waals surface area contributed by atoms with Gasteiger partial charge in [0.1, 0.15) is 0 Å². The molecular weight excluding hydrogens is 140 g/mol. The molecular formula is C8H14N2O. The largest absolute Gasteiger partial charge is 0.341 e. The fourth-order valence-corrected chi connectivity index (χ4v) is 1.90. The van der Waals surface area contributed by atoms with Gasteiger partial charge in [-0.2, -0.15) is 0 Å². The van der Waals surface area contributed by atoms with Crippen molar-refractivity contribution in [2.24, 2.45) is 5.92 Å². The lowest BCUT2D eigenvalue weighted by molar-refractivity contribution is -0.131. The molecule has 2 bridgehead atoms. The van der Waals surface area contributed by atoms with E-state index in [1.807, 2.05) is 11.8 Å². The molecule has 2 saturated heterocycles. The van der Waals surface area contributed by atoms with Crippen LogP contribution in [0.1, 0.15) is 13.3 Å². The summed E-state index contributed by atoms with van der Waals surface area (Å²) in [6.07, 6.45) is 1.19. The number of rotatable bonds is 0. The number of nitrogens with zero attached hydrogens (tertiary/aromatic N) is 1. The van der Waals surface area contributed by atoms with Crippen molar-refractivity contribution < 1.29 is 4.79 Å². The Labute approximate surface area is 66.8 Å². The quantitative estimate of drug-likeness (QED) is 0.525. The minimum absolute atomic E-state index is 0.0419. The Balaban J connectivity index is 2.14. The summed E-state index contributed by atoms with van der Waals surface area (Å²) in [6, 6.07) is 0.0419. The summed E-state index contributed by atoms with van der Waals surface area (Å²) in [5.74, 6) is 0.994. The summed E-state index contributed by atoms with van der Waals surface area (Å²) in [5, 5.41) is 3.23. The third-order valence-corrected chi connectivity index (χ3v) is 2.68. The zero-order valence-corrected chi connectivity index (χ0v) is 6.84. The topological polar surface area (TPSA) is 32.3 Å². The lowest BCUT2D eigenvalue weighted by Gasteiger charge is -2.18. The molecule has 3 nitrogen and oxygen atoms in total. The summed E-state index contributed by atoms with van der Waals surface area (Å²) in [4.78, 5) is 13.4. The Hall–Kier alpha value is -0.570. The second kappa shape index (κ2) is 2.48. The average Bonchev–Trinajstić information content (AvgIpc) is 2.41. The molecule has 2 atom stereocenters. The van der Waals surface area contributed by atoms with Crippen LogP contribution in [0.5, 0.6) is 0 Å². The molecule has 0 radical (unpaired) electrons. The van der Waals surface area contributed by atoms with Gasteiger partial charge in [-0.15, -0.1) is 0 Å². The van der Waals surface area contributed by atoms with E-state index in [4.69, 9.17) is 0 Å². The molecule has 11 heavy (non-hydrogen) atoms. The maximum Gasteiger partial charge on any atom is 0.239 e. The van der Waals surface area contributed by atoms with Crippen molar-refractivity contribution in [3.63, 3.8) is 0 Å². The Morgan fingerprint density at radius 2 is 2.45 bits per heavy atom. The molecule has 1 N–H and O–H groups in total. The van der Waals surface area contributed by atoms with Crippen LogP contribution in [-0.2, 0) is 4.79 Å². The minimum atomic E-state index is 0.0419. The molecule has 0 saturated carbocycles. The highest BCUT2D eigenvalue weighted by Gasteiger charge is 2.32. The molecule has 0 aromatic carbocycles. The average molecular weight is 154 g/mol. The van der Waals surface area contributed by atoms with E-state index in [9.17, 15) is 4.79 Å². The molecule has 0 aromatic rings. The fraction of sp³-hybridized carbons (Fsp3) is 0.875. The van der Waals surface area contributed by atoms with E-state index in [2.05, 4.69) is 5.32 Å². The van der Waals surface area contributed by atoms with Crippen molar-refractivity contribution in [3.8, 4) is 0 Å². The molecule has 2 aliphatic heterocycles. The van der Waals surface area contributed by atoms with Gasteiger partial charge in [0.05, 0.1) is 6.04 Å². The number of fused-ring (bicyclic) bond motifs is 2. The van der Waals surface area contributed by atoms with Gasteiger partial charge in [0.15, 0.2) is 0 Å². The predicted octanol–water partition coefficient (Wildman–Crippen LogP) is -0.173. The van der Waals surface area contributed by atoms with Crippen molar-refractivity contribution in [2.75, 3.05) is 19.6 Å². The van der Waals surface area contributed by atoms with Gasteiger partial charge in [-0.25, -0.2) is 0 Å². The summed E-state index contributed by atoms with van der Waals surface area (Å²) >= 11 is 0. The molecule has 2 aliphatic rings. The molecule has 0 aliphatic carbocycles. The van der Waals surface area contributed by atoms with Crippen molar-refractivity contribution in [1.82, 2.24) is 10.2 Å². The Morgan fingerprint density at radius 3 is 3.27 bits per heavy atom. The molecule has 2 heterocycles. The molecule has 1 amide bonds. The third-order valence-electron chi connectivity index (χ3n) is 2.68. The van der Waals surface area contributed by atoms with Gasteiger partial charge in [0.25, 0.3) is 0 Å². The van der Waals surface area contributed by atoms with Gasteiger partial charge in [-0.1, -0.05) is 0 Å². The first kappa shape index (κ1) is 7.10. The number of carbonyl (C=O) groups is 1. The van der Waals surface area contributed by atoms with Crippen LogP contribution in [0.25, 0.3) is 0 Å². The standard InChI is InChI=1S/C8H14N2O/c1-6-8(11)10-3-2-7(5-10)4-9-6/h6-7,9H,2-5H2,1H3. The first-order valence-corrected chi connectivity index (χ1v) is 4.29. The van der Waals surface area contributed by atoms with E-state index in [1.54, 1.807) is 0 Å². The van der Waals surface area contributed by atoms with Crippen LogP contribution in [-0.4, -0.2) is 36.5 Å². The molecule has 62 valence electrons. The first-order valence-electron chi connectivity index (χ1n) is 4.29. The van der Waals surface area contributed by atoms with Crippen LogP contribution in [0, 0.1) is 5.92 Å². The van der Waals surface area contributed by atoms with Crippen LogP contribution in [0.2, 0.25) is 0 Å². The minimum Gasteiger partial charge on any atom is -0.341 e. The number of hydrogen-bond donors (Lipinski definition) is 1. The van der Waals surface area contributed by atoms with Crippen molar-refractivity contribution in [2.45, 2.75) is 19.4 Å². The number of amides is 1. The lowest BCUT2D eigenvalue weighted by atomic mass is 10.1. The van der Waals surface area contributed by atoms with E-state index in [0.29, 0.717) is 5.92 Å². The fourth-order valence-electron chi connectivity index (χ4n) is 1.90. The van der Waals surface area contributed by atoms with E-state index in [1.165, 1.54) is 6.42 Å². The van der Waals surface area contributed by atoms with Gasteiger partial charge in [0.2, 0.25) is 5.91 Å². The predicted molar refractivity (Wildman–Crippen MR) is 42.2 cm³/mol. The SMILES string of the molecule is CC1NCC2CCN(C2)C1=O. The summed E-state index contributed by atoms with van der Waals surface area (Å²) in [5.41, 5.74) is 0. The highest BCUT2D eigenvalue weighted by atomic mass is 16.2. The van der Waals surface area contributed by atoms with Gasteiger partial charge in [0, 0.05) is 19.6 Å². The smallest absolute Gasteiger partial charge is 0.239 e. The molecule has 3 heteroatoms. The van der Waals surface area contributed by atoms with Gasteiger partial charge in [-0.3, -0.25) is 4.79 Å². The zero-order valence-electron chi connectivity index (χ0n) is 6.84. The molecule has 2 fully saturated rings. The third kappa shape index (κ3) is 1.13. The van der Waals surface area contributed by atoms with Gasteiger partial charge >= 0.3 is 0 Å². The second-order valence-electron chi connectivity index (χ2n) is 3.57. The van der Waals surface area contributed by atoms with E-state index >= 15 is 0 Å². The lowest BCUT2D eigenvalue weighted by Crippen LogP contribution is -2.41.